The highest BCUT2D eigenvalue weighted by atomic mass is 35.5. The van der Waals surface area contributed by atoms with E-state index in [1.54, 1.807) is 29.2 Å². The molecule has 3 aromatic rings. The second kappa shape index (κ2) is 12.3. The molecule has 0 radical (unpaired) electrons. The van der Waals surface area contributed by atoms with E-state index in [-0.39, 0.29) is 18.2 Å². The SMILES string of the molecule is CS(=O)(=O)Nc1ccccc1N1CCN(C(=O)C(Cc2ccc(Cl)cc2)NC(=O)Cc2ccccc2)CC1. The minimum absolute atomic E-state index is 0.149. The summed E-state index contributed by atoms with van der Waals surface area (Å²) in [5.74, 6) is -0.369. The number of sulfonamides is 1. The Hall–Kier alpha value is -3.56. The van der Waals surface area contributed by atoms with Crippen LogP contribution in [-0.2, 0) is 32.5 Å². The number of carbonyl (C=O) groups is 2. The van der Waals surface area contributed by atoms with Gasteiger partial charge < -0.3 is 15.1 Å². The lowest BCUT2D eigenvalue weighted by atomic mass is 10.0. The predicted octanol–water partition coefficient (Wildman–Crippen LogP) is 3.33. The van der Waals surface area contributed by atoms with E-state index in [0.717, 1.165) is 23.1 Å². The summed E-state index contributed by atoms with van der Waals surface area (Å²) in [7, 11) is -3.43. The zero-order chi connectivity index (χ0) is 27.1. The standard InChI is InChI=1S/C28H31ClN4O4S/c1-38(36,37)31-24-9-5-6-10-26(24)32-15-17-33(18-16-32)28(35)25(19-22-11-13-23(29)14-12-22)30-27(34)20-21-7-3-2-4-8-21/h2-14,25,31H,15-20H2,1H3,(H,30,34). The van der Waals surface area contributed by atoms with Crippen molar-refractivity contribution in [1.29, 1.82) is 0 Å². The smallest absolute Gasteiger partial charge is 0.245 e. The molecule has 1 aliphatic rings. The van der Waals surface area contributed by atoms with Crippen LogP contribution in [0.3, 0.4) is 0 Å². The van der Waals surface area contributed by atoms with E-state index >= 15 is 0 Å². The number of carbonyl (C=O) groups excluding carboxylic acids is 2. The number of amides is 2. The molecule has 1 heterocycles. The Bertz CT molecular complexity index is 1360. The summed E-state index contributed by atoms with van der Waals surface area (Å²) in [5.41, 5.74) is 3.03. The molecule has 10 heteroatoms. The van der Waals surface area contributed by atoms with Gasteiger partial charge in [-0.3, -0.25) is 14.3 Å². The molecule has 4 rings (SSSR count). The summed E-state index contributed by atoms with van der Waals surface area (Å²) in [6, 6.07) is 23.1. The number of hydrogen-bond donors (Lipinski definition) is 2. The van der Waals surface area contributed by atoms with E-state index in [9.17, 15) is 18.0 Å². The quantitative estimate of drug-likeness (QED) is 0.423. The molecule has 1 fully saturated rings. The molecule has 1 saturated heterocycles. The first-order chi connectivity index (χ1) is 18.2. The number of hydrogen-bond acceptors (Lipinski definition) is 5. The highest BCUT2D eigenvalue weighted by molar-refractivity contribution is 7.92. The molecule has 38 heavy (non-hydrogen) atoms. The molecule has 1 unspecified atom stereocenters. The number of nitrogens with one attached hydrogen (secondary N) is 2. The Labute approximate surface area is 228 Å². The van der Waals surface area contributed by atoms with Crippen molar-refractivity contribution in [2.75, 3.05) is 42.1 Å². The number of nitrogens with zero attached hydrogens (tertiary/aromatic N) is 2. The largest absolute Gasteiger partial charge is 0.366 e. The summed E-state index contributed by atoms with van der Waals surface area (Å²) in [6.07, 6.45) is 1.65. The fourth-order valence-electron chi connectivity index (χ4n) is 4.51. The first-order valence-corrected chi connectivity index (χ1v) is 14.6. The zero-order valence-electron chi connectivity index (χ0n) is 21.1. The molecule has 0 bridgehead atoms. The second-order valence-corrected chi connectivity index (χ2v) is 11.5. The van der Waals surface area contributed by atoms with Gasteiger partial charge in [0.15, 0.2) is 0 Å². The third-order valence-electron chi connectivity index (χ3n) is 6.33. The average molecular weight is 555 g/mol. The maximum Gasteiger partial charge on any atom is 0.245 e. The van der Waals surface area contributed by atoms with Crippen molar-refractivity contribution in [2.45, 2.75) is 18.9 Å². The summed E-state index contributed by atoms with van der Waals surface area (Å²) >= 11 is 6.03. The topological polar surface area (TPSA) is 98.8 Å². The van der Waals surface area contributed by atoms with Gasteiger partial charge in [-0.1, -0.05) is 66.2 Å². The van der Waals surface area contributed by atoms with Crippen LogP contribution in [0.1, 0.15) is 11.1 Å². The van der Waals surface area contributed by atoms with Crippen LogP contribution in [0.2, 0.25) is 5.02 Å². The third kappa shape index (κ3) is 7.72. The Kier molecular flexibility index (Phi) is 8.91. The molecule has 200 valence electrons. The van der Waals surface area contributed by atoms with Crippen molar-refractivity contribution in [1.82, 2.24) is 10.2 Å². The average Bonchev–Trinajstić information content (AvgIpc) is 2.89. The van der Waals surface area contributed by atoms with Crippen LogP contribution < -0.4 is 14.9 Å². The molecular weight excluding hydrogens is 524 g/mol. The van der Waals surface area contributed by atoms with Gasteiger partial charge in [-0.2, -0.15) is 0 Å². The van der Waals surface area contributed by atoms with Crippen LogP contribution in [0.25, 0.3) is 0 Å². The van der Waals surface area contributed by atoms with Crippen LogP contribution in [0.15, 0.2) is 78.9 Å². The monoisotopic (exact) mass is 554 g/mol. The Balaban J connectivity index is 1.45. The van der Waals surface area contributed by atoms with Crippen molar-refractivity contribution in [3.8, 4) is 0 Å². The molecule has 8 nitrogen and oxygen atoms in total. The normalized spacial score (nSPS) is 14.6. The Morgan fingerprint density at radius 1 is 0.868 bits per heavy atom. The van der Waals surface area contributed by atoms with Crippen molar-refractivity contribution < 1.29 is 18.0 Å². The molecule has 2 amide bonds. The highest BCUT2D eigenvalue weighted by Gasteiger charge is 2.29. The third-order valence-corrected chi connectivity index (χ3v) is 7.17. The molecule has 0 saturated carbocycles. The predicted molar refractivity (Wildman–Crippen MR) is 151 cm³/mol. The van der Waals surface area contributed by atoms with Gasteiger partial charge in [0.2, 0.25) is 21.8 Å². The molecule has 1 atom stereocenters. The van der Waals surface area contributed by atoms with Gasteiger partial charge in [0, 0.05) is 37.6 Å². The number of halogens is 1. The van der Waals surface area contributed by atoms with E-state index in [4.69, 9.17) is 11.6 Å². The van der Waals surface area contributed by atoms with Gasteiger partial charge in [0.05, 0.1) is 24.1 Å². The zero-order valence-corrected chi connectivity index (χ0v) is 22.7. The second-order valence-electron chi connectivity index (χ2n) is 9.32. The van der Waals surface area contributed by atoms with E-state index < -0.39 is 16.1 Å². The lowest BCUT2D eigenvalue weighted by molar-refractivity contribution is -0.136. The molecule has 0 aromatic heterocycles. The summed E-state index contributed by atoms with van der Waals surface area (Å²) in [6.45, 7) is 1.94. The van der Waals surface area contributed by atoms with Crippen LogP contribution in [0.4, 0.5) is 11.4 Å². The number of rotatable bonds is 9. The summed E-state index contributed by atoms with van der Waals surface area (Å²) < 4.78 is 26.2. The summed E-state index contributed by atoms with van der Waals surface area (Å²) in [4.78, 5) is 30.3. The maximum atomic E-state index is 13.6. The molecule has 0 spiro atoms. The van der Waals surface area contributed by atoms with Gasteiger partial charge in [-0.25, -0.2) is 8.42 Å². The first kappa shape index (κ1) is 27.5. The fraction of sp³-hybridized carbons (Fsp3) is 0.286. The number of para-hydroxylation sites is 2. The number of piperazine rings is 1. The number of benzene rings is 3. The first-order valence-electron chi connectivity index (χ1n) is 12.4. The molecule has 2 N–H and O–H groups in total. The van der Waals surface area contributed by atoms with Crippen LogP contribution >= 0.6 is 11.6 Å². The Morgan fingerprint density at radius 3 is 2.16 bits per heavy atom. The van der Waals surface area contributed by atoms with Gasteiger partial charge >= 0.3 is 0 Å². The van der Waals surface area contributed by atoms with Crippen molar-refractivity contribution in [2.24, 2.45) is 0 Å². The van der Waals surface area contributed by atoms with Gasteiger partial charge in [-0.05, 0) is 35.4 Å². The lowest BCUT2D eigenvalue weighted by Gasteiger charge is -2.38. The van der Waals surface area contributed by atoms with Crippen molar-refractivity contribution in [3.63, 3.8) is 0 Å². The minimum Gasteiger partial charge on any atom is -0.366 e. The van der Waals surface area contributed by atoms with Crippen LogP contribution in [-0.4, -0.2) is 63.6 Å². The van der Waals surface area contributed by atoms with Gasteiger partial charge in [0.1, 0.15) is 6.04 Å². The van der Waals surface area contributed by atoms with Gasteiger partial charge in [-0.15, -0.1) is 0 Å². The highest BCUT2D eigenvalue weighted by Crippen LogP contribution is 2.27. The Morgan fingerprint density at radius 2 is 1.50 bits per heavy atom. The van der Waals surface area contributed by atoms with Crippen molar-refractivity contribution >= 4 is 44.8 Å². The lowest BCUT2D eigenvalue weighted by Crippen LogP contribution is -2.55. The van der Waals surface area contributed by atoms with Crippen LogP contribution in [0, 0.1) is 0 Å². The maximum absolute atomic E-state index is 13.6. The van der Waals surface area contributed by atoms with Gasteiger partial charge in [0.25, 0.3) is 0 Å². The number of anilines is 2. The van der Waals surface area contributed by atoms with E-state index in [1.807, 2.05) is 54.6 Å². The molecule has 1 aliphatic heterocycles. The van der Waals surface area contributed by atoms with E-state index in [2.05, 4.69) is 14.9 Å². The summed E-state index contributed by atoms with van der Waals surface area (Å²) in [5, 5.41) is 3.55. The minimum atomic E-state index is -3.43. The van der Waals surface area contributed by atoms with Crippen LogP contribution in [0.5, 0.6) is 0 Å². The van der Waals surface area contributed by atoms with E-state index in [0.29, 0.717) is 43.3 Å². The molecule has 3 aromatic carbocycles. The fourth-order valence-corrected chi connectivity index (χ4v) is 5.20. The van der Waals surface area contributed by atoms with Crippen molar-refractivity contribution in [3.05, 3.63) is 95.0 Å². The molecule has 0 aliphatic carbocycles. The molecular formula is C28H31ClN4O4S. The van der Waals surface area contributed by atoms with E-state index in [1.165, 1.54) is 0 Å².